The first-order chi connectivity index (χ1) is 30.4. The van der Waals surface area contributed by atoms with Crippen molar-refractivity contribution in [2.45, 2.75) is 98.6 Å². The lowest BCUT2D eigenvalue weighted by atomic mass is 9.86. The number of nitrogens with zero attached hydrogens (tertiary/aromatic N) is 2. The van der Waals surface area contributed by atoms with Crippen molar-refractivity contribution in [1.82, 2.24) is 9.88 Å². The quantitative estimate of drug-likeness (QED) is 0.0749. The Kier molecular flexibility index (Phi) is 13.2. The number of allylic oxidation sites excluding steroid dienone is 2. The van der Waals surface area contributed by atoms with Crippen LogP contribution in [0.15, 0.2) is 63.6 Å². The minimum Gasteiger partial charge on any atom is -0.505 e. The lowest BCUT2D eigenvalue weighted by molar-refractivity contribution is -0.168. The Hall–Kier alpha value is -5.81. The second kappa shape index (κ2) is 18.4. The Morgan fingerprint density at radius 2 is 1.77 bits per heavy atom. The van der Waals surface area contributed by atoms with Crippen molar-refractivity contribution in [2.24, 2.45) is 17.8 Å². The first-order valence-electron chi connectivity index (χ1n) is 21.7. The molecule has 7 bridgehead atoms. The van der Waals surface area contributed by atoms with Gasteiger partial charge in [0.05, 0.1) is 35.5 Å². The minimum atomic E-state index is -2.03. The minimum absolute atomic E-state index is 0.000726. The van der Waals surface area contributed by atoms with E-state index < -0.39 is 71.1 Å². The van der Waals surface area contributed by atoms with Crippen LogP contribution < -0.4 is 20.2 Å². The number of carbonyl (C=O) groups excluding carboxylic acids is 3. The average molecular weight is 884 g/mol. The number of nitrogens with one attached hydrogen (secondary N) is 1. The number of rotatable bonds is 8. The number of hydrogen-bond donors (Lipinski definition) is 3. The van der Waals surface area contributed by atoms with Gasteiger partial charge in [-0.3, -0.25) is 19.2 Å². The molecule has 1 saturated heterocycles. The molecule has 0 unspecified atom stereocenters. The van der Waals surface area contributed by atoms with Gasteiger partial charge in [-0.2, -0.15) is 0 Å². The SMILES string of the molecule is CCN(CC)CCOc1ccc2nc3c(oc2c1)c1c(O)c2c(=O)c(C)c4c(c23)C(=O)[C@@](C)(O/C=C/[C@H](OC)[C@@H](C)[C@@H](OC(C)=O)[C@@H]2O[C@H]([C@@H](C)[C@H]2O)[C@@H](C)/C=C/C=C(/C)C(=O)N1)O4. The zero-order valence-corrected chi connectivity index (χ0v) is 37.8. The van der Waals surface area contributed by atoms with Crippen LogP contribution in [0.3, 0.4) is 0 Å². The van der Waals surface area contributed by atoms with E-state index in [4.69, 9.17) is 37.8 Å². The van der Waals surface area contributed by atoms with Gasteiger partial charge in [-0.1, -0.05) is 52.8 Å². The fourth-order valence-corrected chi connectivity index (χ4v) is 8.88. The number of Topliss-reactive ketones (excluding diaryl/α,β-unsaturated/α-hetero) is 1. The molecule has 16 nitrogen and oxygen atoms in total. The highest BCUT2D eigenvalue weighted by molar-refractivity contribution is 6.26. The molecule has 64 heavy (non-hydrogen) atoms. The third kappa shape index (κ3) is 8.35. The van der Waals surface area contributed by atoms with E-state index >= 15 is 0 Å². The molecule has 0 radical (unpaired) electrons. The van der Waals surface area contributed by atoms with Crippen molar-refractivity contribution in [3.8, 4) is 17.2 Å². The van der Waals surface area contributed by atoms with Crippen molar-refractivity contribution in [1.29, 1.82) is 0 Å². The largest absolute Gasteiger partial charge is 0.505 e. The number of ether oxygens (including phenoxy) is 6. The lowest BCUT2D eigenvalue weighted by Gasteiger charge is -2.33. The molecule has 16 heteroatoms. The number of aliphatic hydroxyl groups excluding tert-OH is 1. The summed E-state index contributed by atoms with van der Waals surface area (Å²) in [5.74, 6) is -5.45. The molecule has 5 heterocycles. The van der Waals surface area contributed by atoms with E-state index in [2.05, 4.69) is 24.1 Å². The van der Waals surface area contributed by atoms with Crippen LogP contribution in [-0.4, -0.2) is 107 Å². The molecular weight excluding hydrogens is 827 g/mol. The third-order valence-corrected chi connectivity index (χ3v) is 12.7. The van der Waals surface area contributed by atoms with E-state index in [-0.39, 0.29) is 67.4 Å². The monoisotopic (exact) mass is 883 g/mol. The first-order valence-corrected chi connectivity index (χ1v) is 21.7. The van der Waals surface area contributed by atoms with Crippen LogP contribution in [0.25, 0.3) is 33.0 Å². The summed E-state index contributed by atoms with van der Waals surface area (Å²) < 4.78 is 42.9. The number of amides is 1. The van der Waals surface area contributed by atoms with E-state index in [1.807, 2.05) is 19.9 Å². The Labute approximate surface area is 370 Å². The zero-order valence-electron chi connectivity index (χ0n) is 37.8. The van der Waals surface area contributed by atoms with Gasteiger partial charge in [-0.15, -0.1) is 0 Å². The molecule has 1 amide bonds. The number of aromatic hydroxyl groups is 1. The highest BCUT2D eigenvalue weighted by atomic mass is 16.7. The molecule has 3 N–H and O–H groups in total. The average Bonchev–Trinajstić information content (AvgIpc) is 3.71. The molecule has 0 spiro atoms. The van der Waals surface area contributed by atoms with E-state index in [1.54, 1.807) is 44.2 Å². The Morgan fingerprint density at radius 3 is 2.45 bits per heavy atom. The maximum absolute atomic E-state index is 14.7. The molecule has 4 aliphatic rings. The van der Waals surface area contributed by atoms with E-state index in [9.17, 15) is 29.4 Å². The van der Waals surface area contributed by atoms with Crippen LogP contribution in [0.4, 0.5) is 5.69 Å². The number of ketones is 1. The molecule has 0 saturated carbocycles. The summed E-state index contributed by atoms with van der Waals surface area (Å²) >= 11 is 0. The molecule has 4 aliphatic heterocycles. The summed E-state index contributed by atoms with van der Waals surface area (Å²) in [5.41, 5.74) is -0.318. The number of likely N-dealkylation sites (N-methyl/N-ethyl adjacent to an activating group) is 1. The summed E-state index contributed by atoms with van der Waals surface area (Å²) in [6.07, 6.45) is 3.64. The van der Waals surface area contributed by atoms with E-state index in [0.717, 1.165) is 13.1 Å². The molecule has 0 aliphatic carbocycles. The summed E-state index contributed by atoms with van der Waals surface area (Å²) in [5, 5.41) is 26.0. The van der Waals surface area contributed by atoms with Gasteiger partial charge in [-0.05, 0) is 45.1 Å². The van der Waals surface area contributed by atoms with Crippen molar-refractivity contribution in [3.63, 3.8) is 0 Å². The summed E-state index contributed by atoms with van der Waals surface area (Å²) in [6, 6.07) is 5.06. The van der Waals surface area contributed by atoms with Gasteiger partial charge in [-0.25, -0.2) is 4.98 Å². The molecule has 1 fully saturated rings. The molecule has 9 atom stereocenters. The summed E-state index contributed by atoms with van der Waals surface area (Å²) in [6.45, 7) is 18.2. The Morgan fingerprint density at radius 1 is 1.03 bits per heavy atom. The molecule has 8 rings (SSSR count). The molecule has 4 aromatic rings. The second-order valence-electron chi connectivity index (χ2n) is 16.9. The van der Waals surface area contributed by atoms with Crippen LogP contribution in [0.1, 0.15) is 71.3 Å². The topological polar surface area (TPSA) is 205 Å². The highest BCUT2D eigenvalue weighted by Gasteiger charge is 2.51. The fourth-order valence-electron chi connectivity index (χ4n) is 8.88. The van der Waals surface area contributed by atoms with Crippen molar-refractivity contribution >= 4 is 56.3 Å². The van der Waals surface area contributed by atoms with Gasteiger partial charge in [0.15, 0.2) is 22.3 Å². The smallest absolute Gasteiger partial charge is 0.312 e. The number of methoxy groups -OCH3 is 1. The number of benzene rings is 3. The van der Waals surface area contributed by atoms with Crippen LogP contribution in [0.2, 0.25) is 0 Å². The van der Waals surface area contributed by atoms with Crippen LogP contribution >= 0.6 is 0 Å². The second-order valence-corrected chi connectivity index (χ2v) is 16.9. The number of hydrogen-bond acceptors (Lipinski definition) is 15. The number of fused-ring (bicyclic) bond motifs is 9. The zero-order chi connectivity index (χ0) is 46.4. The molecular formula is C48H57N3O13. The van der Waals surface area contributed by atoms with Gasteiger partial charge in [0, 0.05) is 67.8 Å². The number of phenols is 1. The normalized spacial score (nSPS) is 29.2. The van der Waals surface area contributed by atoms with Gasteiger partial charge < -0.3 is 53.3 Å². The van der Waals surface area contributed by atoms with Gasteiger partial charge in [0.1, 0.15) is 47.0 Å². The van der Waals surface area contributed by atoms with Crippen molar-refractivity contribution in [2.75, 3.05) is 38.7 Å². The number of aliphatic hydroxyl groups is 1. The third-order valence-electron chi connectivity index (χ3n) is 12.7. The summed E-state index contributed by atoms with van der Waals surface area (Å²) in [7, 11) is 1.46. The molecule has 342 valence electrons. The Balaban J connectivity index is 1.41. The number of phenolic OH excluding ortho intramolecular Hbond substituents is 1. The first kappa shape index (κ1) is 46.2. The predicted octanol–water partition coefficient (Wildman–Crippen LogP) is 6.49. The number of anilines is 1. The van der Waals surface area contributed by atoms with Crippen LogP contribution in [0, 0.1) is 24.7 Å². The number of carbonyl (C=O) groups is 3. The standard InChI is InChI=1S/C48H57N3O13/c1-11-51(12-2)19-21-59-29-16-17-30-32(22-29)62-44-36(49-30)33-34-38(53)26(6)42-35(33)46(56)48(9,64-42)60-20-18-31(58-10)25(5)43(61-28(8)52)45-39(54)27(7)41(63-45)23(3)14-13-15-24(4)47(57)50-37(44)40(34)55/h13-18,20,22-23,25,27,31,39,41,43,45,54-55H,11-12,19,21H2,1-10H3,(H,50,57)/b14-13+,20-18+,24-15-/t23-,25+,27-,31-,39+,41-,43+,45+,48-/m0/s1. The van der Waals surface area contributed by atoms with Crippen LogP contribution in [-0.2, 0) is 28.5 Å². The fraction of sp³-hybridized carbons (Fsp3) is 0.479. The van der Waals surface area contributed by atoms with Gasteiger partial charge in [0.25, 0.3) is 11.7 Å². The molecule has 3 aromatic carbocycles. The lowest BCUT2D eigenvalue weighted by Crippen LogP contribution is -2.46. The van der Waals surface area contributed by atoms with E-state index in [0.29, 0.717) is 24.4 Å². The maximum atomic E-state index is 14.7. The number of aromatic nitrogens is 1. The molecule has 1 aromatic heterocycles. The maximum Gasteiger partial charge on any atom is 0.312 e. The van der Waals surface area contributed by atoms with Gasteiger partial charge in [0.2, 0.25) is 0 Å². The summed E-state index contributed by atoms with van der Waals surface area (Å²) in [4.78, 5) is 62.7. The highest BCUT2D eigenvalue weighted by Crippen LogP contribution is 2.48. The Bertz CT molecular complexity index is 2650. The van der Waals surface area contributed by atoms with Crippen molar-refractivity contribution in [3.05, 3.63) is 75.7 Å². The van der Waals surface area contributed by atoms with Crippen LogP contribution in [0.5, 0.6) is 17.2 Å². The number of esters is 1. The predicted molar refractivity (Wildman–Crippen MR) is 239 cm³/mol. The van der Waals surface area contributed by atoms with Gasteiger partial charge >= 0.3 is 11.8 Å². The van der Waals surface area contributed by atoms with E-state index in [1.165, 1.54) is 40.2 Å². The van der Waals surface area contributed by atoms with Crippen molar-refractivity contribution < 1.29 is 57.4 Å².